The highest BCUT2D eigenvalue weighted by Crippen LogP contribution is 2.14. The van der Waals surface area contributed by atoms with Crippen molar-refractivity contribution in [3.05, 3.63) is 34.9 Å². The van der Waals surface area contributed by atoms with Crippen LogP contribution in [0.15, 0.2) is 24.3 Å². The van der Waals surface area contributed by atoms with Crippen LogP contribution in [0.2, 0.25) is 5.02 Å². The van der Waals surface area contributed by atoms with Crippen molar-refractivity contribution in [2.24, 2.45) is 0 Å². The molecule has 1 saturated heterocycles. The van der Waals surface area contributed by atoms with Crippen LogP contribution in [0.25, 0.3) is 0 Å². The molecule has 1 aromatic carbocycles. The van der Waals surface area contributed by atoms with E-state index in [0.717, 1.165) is 31.5 Å². The van der Waals surface area contributed by atoms with E-state index in [2.05, 4.69) is 0 Å². The van der Waals surface area contributed by atoms with Crippen LogP contribution < -0.4 is 0 Å². The summed E-state index contributed by atoms with van der Waals surface area (Å²) in [6, 6.07) is 7.54. The molecule has 16 heavy (non-hydrogen) atoms. The van der Waals surface area contributed by atoms with Gasteiger partial charge in [0.25, 0.3) is 0 Å². The number of carbonyl (C=O) groups is 1. The molecule has 0 unspecified atom stereocenters. The number of rotatable bonds is 2. The number of hydrogen-bond acceptors (Lipinski definition) is 1. The number of nitrogens with zero attached hydrogens (tertiary/aromatic N) is 1. The van der Waals surface area contributed by atoms with Gasteiger partial charge in [-0.05, 0) is 37.0 Å². The van der Waals surface area contributed by atoms with E-state index in [1.54, 1.807) is 0 Å². The van der Waals surface area contributed by atoms with Gasteiger partial charge in [-0.2, -0.15) is 0 Å². The van der Waals surface area contributed by atoms with E-state index in [9.17, 15) is 4.79 Å². The van der Waals surface area contributed by atoms with Gasteiger partial charge in [-0.1, -0.05) is 23.7 Å². The molecule has 2 nitrogen and oxygen atoms in total. The second-order valence-corrected chi connectivity index (χ2v) is 4.68. The van der Waals surface area contributed by atoms with Crippen LogP contribution in [-0.2, 0) is 11.2 Å². The predicted octanol–water partition coefficient (Wildman–Crippen LogP) is 2.90. The molecule has 1 aromatic rings. The molecule has 86 valence electrons. The van der Waals surface area contributed by atoms with Crippen molar-refractivity contribution < 1.29 is 4.79 Å². The predicted molar refractivity (Wildman–Crippen MR) is 65.6 cm³/mol. The van der Waals surface area contributed by atoms with E-state index < -0.39 is 0 Å². The maximum absolute atomic E-state index is 12.0. The molecule has 0 spiro atoms. The molecule has 3 heteroatoms. The zero-order valence-corrected chi connectivity index (χ0v) is 10.0. The number of hydrogen-bond donors (Lipinski definition) is 0. The largest absolute Gasteiger partial charge is 0.342 e. The third-order valence-corrected chi connectivity index (χ3v) is 3.19. The van der Waals surface area contributed by atoms with E-state index >= 15 is 0 Å². The van der Waals surface area contributed by atoms with Gasteiger partial charge < -0.3 is 4.90 Å². The minimum Gasteiger partial charge on any atom is -0.342 e. The summed E-state index contributed by atoms with van der Waals surface area (Å²) in [7, 11) is 0. The van der Waals surface area contributed by atoms with E-state index in [1.165, 1.54) is 6.42 Å². The first-order valence-electron chi connectivity index (χ1n) is 5.78. The maximum atomic E-state index is 12.0. The van der Waals surface area contributed by atoms with Crippen molar-refractivity contribution in [1.29, 1.82) is 0 Å². The summed E-state index contributed by atoms with van der Waals surface area (Å²) in [5.41, 5.74) is 1.00. The molecule has 1 fully saturated rings. The smallest absolute Gasteiger partial charge is 0.226 e. The third-order valence-electron chi connectivity index (χ3n) is 2.95. The number of halogens is 1. The molecule has 0 aromatic heterocycles. The summed E-state index contributed by atoms with van der Waals surface area (Å²) in [4.78, 5) is 13.9. The SMILES string of the molecule is O=C(Cc1cccc(Cl)c1)N1CCCCC1. The van der Waals surface area contributed by atoms with Crippen molar-refractivity contribution in [2.45, 2.75) is 25.7 Å². The fraction of sp³-hybridized carbons (Fsp3) is 0.462. The molecule has 0 radical (unpaired) electrons. The van der Waals surface area contributed by atoms with Crippen LogP contribution in [0, 0.1) is 0 Å². The van der Waals surface area contributed by atoms with Crippen LogP contribution in [-0.4, -0.2) is 23.9 Å². The quantitative estimate of drug-likeness (QED) is 0.775. The van der Waals surface area contributed by atoms with E-state index in [4.69, 9.17) is 11.6 Å². The Balaban J connectivity index is 1.96. The fourth-order valence-electron chi connectivity index (χ4n) is 2.08. The van der Waals surface area contributed by atoms with Gasteiger partial charge in [0.1, 0.15) is 0 Å². The summed E-state index contributed by atoms with van der Waals surface area (Å²) in [5.74, 6) is 0.224. The fourth-order valence-corrected chi connectivity index (χ4v) is 2.29. The van der Waals surface area contributed by atoms with Crippen LogP contribution in [0.1, 0.15) is 24.8 Å². The van der Waals surface area contributed by atoms with Gasteiger partial charge in [-0.3, -0.25) is 4.79 Å². The highest BCUT2D eigenvalue weighted by atomic mass is 35.5. The van der Waals surface area contributed by atoms with Crippen molar-refractivity contribution >= 4 is 17.5 Å². The summed E-state index contributed by atoms with van der Waals surface area (Å²) >= 11 is 5.89. The Kier molecular flexibility index (Phi) is 3.83. The van der Waals surface area contributed by atoms with Crippen LogP contribution >= 0.6 is 11.6 Å². The Labute approximate surface area is 101 Å². The van der Waals surface area contributed by atoms with Gasteiger partial charge in [0.15, 0.2) is 0 Å². The molecule has 1 aliphatic rings. The molecular weight excluding hydrogens is 222 g/mol. The molecule has 1 heterocycles. The standard InChI is InChI=1S/C13H16ClNO/c14-12-6-4-5-11(9-12)10-13(16)15-7-2-1-3-8-15/h4-6,9H,1-3,7-8,10H2. The summed E-state index contributed by atoms with van der Waals surface area (Å²) in [6.45, 7) is 1.83. The summed E-state index contributed by atoms with van der Waals surface area (Å²) < 4.78 is 0. The van der Waals surface area contributed by atoms with Gasteiger partial charge in [-0.15, -0.1) is 0 Å². The molecule has 0 N–H and O–H groups in total. The minimum absolute atomic E-state index is 0.224. The van der Waals surface area contributed by atoms with Gasteiger partial charge in [0, 0.05) is 18.1 Å². The van der Waals surface area contributed by atoms with Crippen LogP contribution in [0.5, 0.6) is 0 Å². The average Bonchev–Trinajstić information content (AvgIpc) is 2.30. The summed E-state index contributed by atoms with van der Waals surface area (Å²) in [5, 5.41) is 0.698. The lowest BCUT2D eigenvalue weighted by Gasteiger charge is -2.26. The Hall–Kier alpha value is -1.02. The van der Waals surface area contributed by atoms with Gasteiger partial charge in [-0.25, -0.2) is 0 Å². The Morgan fingerprint density at radius 2 is 2.00 bits per heavy atom. The molecular formula is C13H16ClNO. The number of likely N-dealkylation sites (tertiary alicyclic amines) is 1. The first kappa shape index (κ1) is 11.5. The number of piperidine rings is 1. The molecule has 0 bridgehead atoms. The number of amides is 1. The molecule has 0 aliphatic carbocycles. The second-order valence-electron chi connectivity index (χ2n) is 4.25. The molecule has 1 aliphatic heterocycles. The van der Waals surface area contributed by atoms with Gasteiger partial charge >= 0.3 is 0 Å². The van der Waals surface area contributed by atoms with Crippen molar-refractivity contribution in [3.8, 4) is 0 Å². The summed E-state index contributed by atoms with van der Waals surface area (Å²) in [6.07, 6.45) is 4.00. The lowest BCUT2D eigenvalue weighted by atomic mass is 10.1. The third kappa shape index (κ3) is 2.99. The topological polar surface area (TPSA) is 20.3 Å². The molecule has 0 saturated carbocycles. The zero-order chi connectivity index (χ0) is 11.4. The first-order chi connectivity index (χ1) is 7.75. The lowest BCUT2D eigenvalue weighted by molar-refractivity contribution is -0.131. The van der Waals surface area contributed by atoms with Gasteiger partial charge in [0.2, 0.25) is 5.91 Å². The van der Waals surface area contributed by atoms with E-state index in [1.807, 2.05) is 29.2 Å². The van der Waals surface area contributed by atoms with Crippen LogP contribution in [0.3, 0.4) is 0 Å². The molecule has 2 rings (SSSR count). The molecule has 0 atom stereocenters. The highest BCUT2D eigenvalue weighted by Gasteiger charge is 2.16. The Morgan fingerprint density at radius 3 is 2.69 bits per heavy atom. The monoisotopic (exact) mass is 237 g/mol. The van der Waals surface area contributed by atoms with Crippen molar-refractivity contribution in [2.75, 3.05) is 13.1 Å². The second kappa shape index (κ2) is 5.35. The number of benzene rings is 1. The van der Waals surface area contributed by atoms with Crippen molar-refractivity contribution in [1.82, 2.24) is 4.90 Å². The van der Waals surface area contributed by atoms with E-state index in [-0.39, 0.29) is 5.91 Å². The molecule has 1 amide bonds. The first-order valence-corrected chi connectivity index (χ1v) is 6.16. The van der Waals surface area contributed by atoms with E-state index in [0.29, 0.717) is 11.4 Å². The normalized spacial score (nSPS) is 16.2. The zero-order valence-electron chi connectivity index (χ0n) is 9.29. The maximum Gasteiger partial charge on any atom is 0.226 e. The lowest BCUT2D eigenvalue weighted by Crippen LogP contribution is -2.36. The van der Waals surface area contributed by atoms with Crippen molar-refractivity contribution in [3.63, 3.8) is 0 Å². The average molecular weight is 238 g/mol. The van der Waals surface area contributed by atoms with Gasteiger partial charge in [0.05, 0.1) is 6.42 Å². The Bertz CT molecular complexity index is 372. The minimum atomic E-state index is 0.224. The van der Waals surface area contributed by atoms with Crippen LogP contribution in [0.4, 0.5) is 0 Å². The number of carbonyl (C=O) groups excluding carboxylic acids is 1. The highest BCUT2D eigenvalue weighted by molar-refractivity contribution is 6.30. The Morgan fingerprint density at radius 1 is 1.25 bits per heavy atom.